The Kier molecular flexibility index (Phi) is 5.77. The van der Waals surface area contributed by atoms with Gasteiger partial charge in [0.2, 0.25) is 6.79 Å². The summed E-state index contributed by atoms with van der Waals surface area (Å²) in [6, 6.07) is 16.0. The largest absolute Gasteiger partial charge is 0.491 e. The summed E-state index contributed by atoms with van der Waals surface area (Å²) in [5, 5.41) is 10.3. The molecule has 1 unspecified atom stereocenters. The summed E-state index contributed by atoms with van der Waals surface area (Å²) in [7, 11) is 0. The molecule has 27 heavy (non-hydrogen) atoms. The Balaban J connectivity index is 1.18. The number of rotatable bonds is 7. The number of aliphatic hydroxyl groups is 1. The molecule has 1 atom stereocenters. The quantitative estimate of drug-likeness (QED) is 0.804. The fourth-order valence-corrected chi connectivity index (χ4v) is 3.48. The normalized spacial score (nSPS) is 18.4. The van der Waals surface area contributed by atoms with Crippen LogP contribution in [0, 0.1) is 0 Å². The van der Waals surface area contributed by atoms with Gasteiger partial charge in [0.05, 0.1) is 0 Å². The van der Waals surface area contributed by atoms with Crippen LogP contribution in [-0.2, 0) is 6.54 Å². The van der Waals surface area contributed by atoms with Crippen LogP contribution in [-0.4, -0.2) is 67.1 Å². The van der Waals surface area contributed by atoms with E-state index in [0.29, 0.717) is 18.0 Å². The summed E-state index contributed by atoms with van der Waals surface area (Å²) in [6.45, 7) is 6.10. The third-order valence-electron chi connectivity index (χ3n) is 4.97. The Bertz CT molecular complexity index is 732. The minimum Gasteiger partial charge on any atom is -0.491 e. The number of benzene rings is 2. The first-order valence-electron chi connectivity index (χ1n) is 9.45. The third kappa shape index (κ3) is 4.91. The Hall–Kier alpha value is -2.28. The molecule has 2 aliphatic heterocycles. The Morgan fingerprint density at radius 3 is 2.48 bits per heavy atom. The summed E-state index contributed by atoms with van der Waals surface area (Å²) in [4.78, 5) is 4.76. The minimum absolute atomic E-state index is 0.248. The Labute approximate surface area is 159 Å². The molecule has 0 bridgehead atoms. The van der Waals surface area contributed by atoms with Crippen molar-refractivity contribution in [2.24, 2.45) is 0 Å². The Morgan fingerprint density at radius 1 is 0.926 bits per heavy atom. The molecule has 1 fully saturated rings. The molecule has 1 N–H and O–H groups in total. The highest BCUT2D eigenvalue weighted by Gasteiger charge is 2.20. The second-order valence-electron chi connectivity index (χ2n) is 7.04. The molecule has 2 aliphatic rings. The monoisotopic (exact) mass is 370 g/mol. The molecule has 0 amide bonds. The molecule has 2 aromatic carbocycles. The van der Waals surface area contributed by atoms with Crippen molar-refractivity contribution >= 4 is 0 Å². The maximum absolute atomic E-state index is 10.3. The number of fused-ring (bicyclic) bond motifs is 1. The third-order valence-corrected chi connectivity index (χ3v) is 4.97. The van der Waals surface area contributed by atoms with E-state index in [1.807, 2.05) is 12.1 Å². The molecular formula is C21H26N2O4. The van der Waals surface area contributed by atoms with Crippen molar-refractivity contribution in [1.29, 1.82) is 0 Å². The van der Waals surface area contributed by atoms with Crippen LogP contribution < -0.4 is 14.2 Å². The standard InChI is InChI=1S/C21H26N2O4/c24-18(15-25-19-6-7-20-21(12-19)27-16-26-20)14-23-10-8-22(9-11-23)13-17-4-2-1-3-5-17/h1-7,12,18,24H,8-11,13-16H2. The predicted molar refractivity (Wildman–Crippen MR) is 102 cm³/mol. The maximum Gasteiger partial charge on any atom is 0.231 e. The number of ether oxygens (including phenoxy) is 3. The second-order valence-corrected chi connectivity index (χ2v) is 7.04. The van der Waals surface area contributed by atoms with Crippen molar-refractivity contribution in [1.82, 2.24) is 9.80 Å². The summed E-state index contributed by atoms with van der Waals surface area (Å²) < 4.78 is 16.3. The van der Waals surface area contributed by atoms with Gasteiger partial charge in [0, 0.05) is 45.3 Å². The molecule has 0 aromatic heterocycles. The number of hydrogen-bond acceptors (Lipinski definition) is 6. The van der Waals surface area contributed by atoms with Crippen LogP contribution in [0.3, 0.4) is 0 Å². The van der Waals surface area contributed by atoms with E-state index >= 15 is 0 Å². The van der Waals surface area contributed by atoms with Crippen LogP contribution in [0.1, 0.15) is 5.56 Å². The molecule has 1 saturated heterocycles. The lowest BCUT2D eigenvalue weighted by molar-refractivity contribution is 0.0446. The summed E-state index contributed by atoms with van der Waals surface area (Å²) in [6.07, 6.45) is -0.518. The van der Waals surface area contributed by atoms with Crippen molar-refractivity contribution in [3.05, 3.63) is 54.1 Å². The molecule has 2 aromatic rings. The van der Waals surface area contributed by atoms with Crippen molar-refractivity contribution in [2.45, 2.75) is 12.6 Å². The van der Waals surface area contributed by atoms with Crippen molar-refractivity contribution in [3.63, 3.8) is 0 Å². The molecule has 144 valence electrons. The lowest BCUT2D eigenvalue weighted by Crippen LogP contribution is -2.48. The molecule has 2 heterocycles. The predicted octanol–water partition coefficient (Wildman–Crippen LogP) is 1.97. The topological polar surface area (TPSA) is 54.4 Å². The lowest BCUT2D eigenvalue weighted by atomic mass is 10.2. The first-order chi connectivity index (χ1) is 13.3. The molecule has 0 spiro atoms. The zero-order chi connectivity index (χ0) is 18.5. The fourth-order valence-electron chi connectivity index (χ4n) is 3.48. The van der Waals surface area contributed by atoms with Crippen molar-refractivity contribution < 1.29 is 19.3 Å². The lowest BCUT2D eigenvalue weighted by Gasteiger charge is -2.35. The Morgan fingerprint density at radius 2 is 1.67 bits per heavy atom. The van der Waals surface area contributed by atoms with Crippen molar-refractivity contribution in [3.8, 4) is 17.2 Å². The molecule has 0 aliphatic carbocycles. The van der Waals surface area contributed by atoms with Crippen LogP contribution in [0.5, 0.6) is 17.2 Å². The van der Waals surface area contributed by atoms with Crippen LogP contribution in [0.4, 0.5) is 0 Å². The summed E-state index contributed by atoms with van der Waals surface area (Å²) in [5.74, 6) is 2.11. The van der Waals surface area contributed by atoms with E-state index in [0.717, 1.165) is 38.5 Å². The van der Waals surface area contributed by atoms with E-state index in [-0.39, 0.29) is 13.4 Å². The van der Waals surface area contributed by atoms with Gasteiger partial charge in [0.15, 0.2) is 11.5 Å². The van der Waals surface area contributed by atoms with Crippen LogP contribution in [0.15, 0.2) is 48.5 Å². The van der Waals surface area contributed by atoms with Gasteiger partial charge in [-0.2, -0.15) is 0 Å². The van der Waals surface area contributed by atoms with Gasteiger partial charge in [-0.05, 0) is 17.7 Å². The minimum atomic E-state index is -0.518. The highest BCUT2D eigenvalue weighted by atomic mass is 16.7. The molecule has 0 saturated carbocycles. The number of β-amino-alcohol motifs (C(OH)–C–C–N with tert-alkyl or cyclic N) is 1. The number of aliphatic hydroxyl groups excluding tert-OH is 1. The van der Waals surface area contributed by atoms with Gasteiger partial charge in [-0.1, -0.05) is 30.3 Å². The van der Waals surface area contributed by atoms with Crippen LogP contribution in [0.2, 0.25) is 0 Å². The van der Waals surface area contributed by atoms with E-state index in [1.165, 1.54) is 5.56 Å². The first kappa shape index (κ1) is 18.1. The summed E-state index contributed by atoms with van der Waals surface area (Å²) in [5.41, 5.74) is 1.35. The van der Waals surface area contributed by atoms with Gasteiger partial charge < -0.3 is 19.3 Å². The van der Waals surface area contributed by atoms with E-state index in [4.69, 9.17) is 14.2 Å². The fraction of sp³-hybridized carbons (Fsp3) is 0.429. The van der Waals surface area contributed by atoms with Gasteiger partial charge in [-0.15, -0.1) is 0 Å². The zero-order valence-electron chi connectivity index (χ0n) is 15.4. The van der Waals surface area contributed by atoms with Crippen LogP contribution >= 0.6 is 0 Å². The van der Waals surface area contributed by atoms with E-state index in [2.05, 4.69) is 40.1 Å². The number of hydrogen-bond donors (Lipinski definition) is 1. The van der Waals surface area contributed by atoms with Gasteiger partial charge in [-0.25, -0.2) is 0 Å². The first-order valence-corrected chi connectivity index (χ1v) is 9.45. The van der Waals surface area contributed by atoms with E-state index < -0.39 is 6.10 Å². The molecule has 0 radical (unpaired) electrons. The highest BCUT2D eigenvalue weighted by molar-refractivity contribution is 5.46. The van der Waals surface area contributed by atoms with Gasteiger partial charge in [-0.3, -0.25) is 9.80 Å². The molecule has 4 rings (SSSR count). The maximum atomic E-state index is 10.3. The van der Waals surface area contributed by atoms with Gasteiger partial charge in [0.1, 0.15) is 18.5 Å². The smallest absolute Gasteiger partial charge is 0.231 e. The summed E-state index contributed by atoms with van der Waals surface area (Å²) >= 11 is 0. The average Bonchev–Trinajstić information content (AvgIpc) is 3.17. The SMILES string of the molecule is OC(COc1ccc2c(c1)OCO2)CN1CCN(Cc2ccccc2)CC1. The average molecular weight is 370 g/mol. The highest BCUT2D eigenvalue weighted by Crippen LogP contribution is 2.35. The second kappa shape index (κ2) is 8.61. The van der Waals surface area contributed by atoms with Gasteiger partial charge in [0.25, 0.3) is 0 Å². The molecular weight excluding hydrogens is 344 g/mol. The van der Waals surface area contributed by atoms with E-state index in [9.17, 15) is 5.11 Å². The van der Waals surface area contributed by atoms with Crippen LogP contribution in [0.25, 0.3) is 0 Å². The van der Waals surface area contributed by atoms with E-state index in [1.54, 1.807) is 6.07 Å². The number of piperazine rings is 1. The molecule has 6 nitrogen and oxygen atoms in total. The van der Waals surface area contributed by atoms with Gasteiger partial charge >= 0.3 is 0 Å². The molecule has 6 heteroatoms. The zero-order valence-corrected chi connectivity index (χ0v) is 15.4. The van der Waals surface area contributed by atoms with Crippen molar-refractivity contribution in [2.75, 3.05) is 46.1 Å². The number of nitrogens with zero attached hydrogens (tertiary/aromatic N) is 2.